The van der Waals surface area contributed by atoms with Gasteiger partial charge in [0.2, 0.25) is 11.8 Å². The molecule has 0 fully saturated rings. The Bertz CT molecular complexity index is 588. The number of carbonyl (C=O) groups is 2. The number of nitrogens with two attached hydrogens (primary N) is 1. The van der Waals surface area contributed by atoms with E-state index in [0.29, 0.717) is 13.1 Å². The Morgan fingerprint density at radius 1 is 0.750 bits per heavy atom. The summed E-state index contributed by atoms with van der Waals surface area (Å²) >= 11 is 0. The molecule has 2 amide bonds. The van der Waals surface area contributed by atoms with Crippen LogP contribution in [0.4, 0.5) is 0 Å². The molecule has 2 rings (SSSR count). The van der Waals surface area contributed by atoms with Gasteiger partial charge in [-0.15, -0.1) is 0 Å². The summed E-state index contributed by atoms with van der Waals surface area (Å²) in [6, 6.07) is 19.0. The zero-order valence-corrected chi connectivity index (χ0v) is 13.9. The fourth-order valence-corrected chi connectivity index (χ4v) is 2.53. The molecule has 0 saturated carbocycles. The summed E-state index contributed by atoms with van der Waals surface area (Å²) in [5.41, 5.74) is 7.36. The van der Waals surface area contributed by atoms with Crippen LogP contribution in [-0.4, -0.2) is 29.8 Å². The molecule has 0 radical (unpaired) electrons. The number of unbranched alkanes of at least 4 members (excludes halogenated alkanes) is 1. The summed E-state index contributed by atoms with van der Waals surface area (Å²) in [5, 5.41) is 0. The zero-order valence-electron chi connectivity index (χ0n) is 13.9. The van der Waals surface area contributed by atoms with Crippen LogP contribution in [0.3, 0.4) is 0 Å². The van der Waals surface area contributed by atoms with Crippen molar-refractivity contribution in [3.05, 3.63) is 71.8 Å². The summed E-state index contributed by atoms with van der Waals surface area (Å²) < 4.78 is 0. The summed E-state index contributed by atoms with van der Waals surface area (Å²) in [7, 11) is 0. The largest absolute Gasteiger partial charge is 0.330 e. The van der Waals surface area contributed by atoms with Gasteiger partial charge < -0.3 is 5.73 Å². The van der Waals surface area contributed by atoms with Crippen LogP contribution < -0.4 is 5.73 Å². The van der Waals surface area contributed by atoms with E-state index >= 15 is 0 Å². The average molecular weight is 324 g/mol. The molecule has 126 valence electrons. The summed E-state index contributed by atoms with van der Waals surface area (Å²) in [6.07, 6.45) is 2.01. The van der Waals surface area contributed by atoms with Gasteiger partial charge in [0.25, 0.3) is 0 Å². The average Bonchev–Trinajstić information content (AvgIpc) is 2.60. The van der Waals surface area contributed by atoms with Gasteiger partial charge in [0, 0.05) is 6.54 Å². The highest BCUT2D eigenvalue weighted by Gasteiger charge is 2.21. The van der Waals surface area contributed by atoms with E-state index in [-0.39, 0.29) is 24.7 Å². The van der Waals surface area contributed by atoms with Gasteiger partial charge in [0.05, 0.1) is 12.8 Å². The van der Waals surface area contributed by atoms with Gasteiger partial charge in [-0.25, -0.2) is 0 Å². The number of amides is 2. The van der Waals surface area contributed by atoms with Gasteiger partial charge in [0.1, 0.15) is 0 Å². The molecular weight excluding hydrogens is 300 g/mol. The molecule has 0 heterocycles. The second kappa shape index (κ2) is 9.63. The third-order valence-corrected chi connectivity index (χ3v) is 3.83. The van der Waals surface area contributed by atoms with Crippen molar-refractivity contribution in [2.24, 2.45) is 5.73 Å². The lowest BCUT2D eigenvalue weighted by Crippen LogP contribution is -2.39. The highest BCUT2D eigenvalue weighted by Crippen LogP contribution is 2.08. The molecule has 0 atom stereocenters. The minimum Gasteiger partial charge on any atom is -0.330 e. The first-order valence-electron chi connectivity index (χ1n) is 8.32. The van der Waals surface area contributed by atoms with Crippen molar-refractivity contribution >= 4 is 11.8 Å². The fourth-order valence-electron chi connectivity index (χ4n) is 2.53. The predicted molar refractivity (Wildman–Crippen MR) is 95.3 cm³/mol. The van der Waals surface area contributed by atoms with Crippen LogP contribution in [-0.2, 0) is 22.4 Å². The van der Waals surface area contributed by atoms with Crippen LogP contribution in [0.25, 0.3) is 0 Å². The van der Waals surface area contributed by atoms with Gasteiger partial charge in [-0.1, -0.05) is 60.7 Å². The molecule has 0 aliphatic rings. The first-order chi connectivity index (χ1) is 11.7. The van der Waals surface area contributed by atoms with Crippen molar-refractivity contribution in [1.82, 2.24) is 4.90 Å². The van der Waals surface area contributed by atoms with Crippen molar-refractivity contribution in [2.45, 2.75) is 25.7 Å². The summed E-state index contributed by atoms with van der Waals surface area (Å²) in [6.45, 7) is 0.988. The Morgan fingerprint density at radius 3 is 1.62 bits per heavy atom. The fraction of sp³-hybridized carbons (Fsp3) is 0.300. The highest BCUT2D eigenvalue weighted by molar-refractivity contribution is 5.97. The second-order valence-corrected chi connectivity index (χ2v) is 5.76. The topological polar surface area (TPSA) is 63.4 Å². The van der Waals surface area contributed by atoms with E-state index in [4.69, 9.17) is 5.73 Å². The lowest BCUT2D eigenvalue weighted by atomic mass is 10.1. The number of benzene rings is 2. The molecule has 2 N–H and O–H groups in total. The van der Waals surface area contributed by atoms with Crippen LogP contribution in [0.2, 0.25) is 0 Å². The first-order valence-corrected chi connectivity index (χ1v) is 8.32. The Morgan fingerprint density at radius 2 is 1.21 bits per heavy atom. The highest BCUT2D eigenvalue weighted by atomic mass is 16.2. The number of imide groups is 1. The number of carbonyl (C=O) groups excluding carboxylic acids is 2. The Labute approximate surface area is 143 Å². The van der Waals surface area contributed by atoms with E-state index in [1.54, 1.807) is 0 Å². The van der Waals surface area contributed by atoms with Gasteiger partial charge in [-0.2, -0.15) is 0 Å². The van der Waals surface area contributed by atoms with Crippen molar-refractivity contribution in [3.8, 4) is 0 Å². The number of hydrogen-bond donors (Lipinski definition) is 1. The van der Waals surface area contributed by atoms with E-state index < -0.39 is 0 Å². The molecule has 2 aromatic carbocycles. The van der Waals surface area contributed by atoms with Crippen LogP contribution >= 0.6 is 0 Å². The van der Waals surface area contributed by atoms with Crippen molar-refractivity contribution < 1.29 is 9.59 Å². The van der Waals surface area contributed by atoms with Gasteiger partial charge in [0.15, 0.2) is 0 Å². The molecule has 2 aromatic rings. The van der Waals surface area contributed by atoms with Crippen molar-refractivity contribution in [1.29, 1.82) is 0 Å². The van der Waals surface area contributed by atoms with Crippen LogP contribution in [0.5, 0.6) is 0 Å². The maximum absolute atomic E-state index is 12.6. The smallest absolute Gasteiger partial charge is 0.233 e. The Hall–Kier alpha value is -2.46. The molecule has 0 aromatic heterocycles. The van der Waals surface area contributed by atoms with E-state index in [2.05, 4.69) is 0 Å². The van der Waals surface area contributed by atoms with Gasteiger partial charge in [-0.3, -0.25) is 14.5 Å². The minimum atomic E-state index is -0.154. The van der Waals surface area contributed by atoms with Gasteiger partial charge in [-0.05, 0) is 30.5 Å². The molecule has 24 heavy (non-hydrogen) atoms. The zero-order chi connectivity index (χ0) is 17.2. The lowest BCUT2D eigenvalue weighted by molar-refractivity contribution is -0.144. The number of rotatable bonds is 8. The minimum absolute atomic E-state index is 0.154. The molecule has 0 spiro atoms. The van der Waals surface area contributed by atoms with Crippen LogP contribution in [0, 0.1) is 0 Å². The SMILES string of the molecule is NCCCCN(C(=O)Cc1ccccc1)C(=O)Cc1ccccc1. The first kappa shape index (κ1) is 17.9. The van der Waals surface area contributed by atoms with Crippen LogP contribution in [0.15, 0.2) is 60.7 Å². The monoisotopic (exact) mass is 324 g/mol. The number of nitrogens with zero attached hydrogens (tertiary/aromatic N) is 1. The molecule has 0 unspecified atom stereocenters. The molecule has 0 bridgehead atoms. The molecule has 0 aliphatic carbocycles. The quantitative estimate of drug-likeness (QED) is 0.759. The maximum Gasteiger partial charge on any atom is 0.233 e. The predicted octanol–water partition coefficient (Wildman–Crippen LogP) is 2.57. The van der Waals surface area contributed by atoms with Crippen molar-refractivity contribution in [2.75, 3.05) is 13.1 Å². The lowest BCUT2D eigenvalue weighted by Gasteiger charge is -2.21. The molecule has 0 saturated heterocycles. The normalized spacial score (nSPS) is 10.4. The van der Waals surface area contributed by atoms with Crippen molar-refractivity contribution in [3.63, 3.8) is 0 Å². The summed E-state index contributed by atoms with van der Waals surface area (Å²) in [4.78, 5) is 26.6. The summed E-state index contributed by atoms with van der Waals surface area (Å²) in [5.74, 6) is -0.307. The standard InChI is InChI=1S/C20H24N2O2/c21-13-7-8-14-22(19(23)15-17-9-3-1-4-10-17)20(24)16-18-11-5-2-6-12-18/h1-6,9-12H,7-8,13-16,21H2. The number of hydrogen-bond acceptors (Lipinski definition) is 3. The van der Waals surface area contributed by atoms with E-state index in [0.717, 1.165) is 24.0 Å². The van der Waals surface area contributed by atoms with Gasteiger partial charge >= 0.3 is 0 Å². The van der Waals surface area contributed by atoms with E-state index in [1.807, 2.05) is 60.7 Å². The second-order valence-electron chi connectivity index (χ2n) is 5.76. The van der Waals surface area contributed by atoms with E-state index in [1.165, 1.54) is 4.90 Å². The molecule has 4 heteroatoms. The van der Waals surface area contributed by atoms with E-state index in [9.17, 15) is 9.59 Å². The molecule has 0 aliphatic heterocycles. The molecule has 4 nitrogen and oxygen atoms in total. The third-order valence-electron chi connectivity index (χ3n) is 3.83. The van der Waals surface area contributed by atoms with Crippen LogP contribution in [0.1, 0.15) is 24.0 Å². The Kier molecular flexibility index (Phi) is 7.18. The Balaban J connectivity index is 2.05. The molecular formula is C20H24N2O2. The maximum atomic E-state index is 12.6. The third kappa shape index (κ3) is 5.63.